The maximum absolute atomic E-state index is 11.6. The Morgan fingerprint density at radius 1 is 1.44 bits per heavy atom. The highest BCUT2D eigenvalue weighted by atomic mass is 16.5. The number of allylic oxidation sites excluding steroid dienone is 1. The number of rotatable bonds is 2. The molecule has 3 nitrogen and oxygen atoms in total. The fraction of sp³-hybridized carbons (Fsp3) is 0.692. The number of hydrogen-bond acceptors (Lipinski definition) is 3. The summed E-state index contributed by atoms with van der Waals surface area (Å²) in [6.07, 6.45) is 2.88. The lowest BCUT2D eigenvalue weighted by atomic mass is 9.78. The van der Waals surface area contributed by atoms with Crippen LogP contribution >= 0.6 is 0 Å². The van der Waals surface area contributed by atoms with Gasteiger partial charge in [-0.1, -0.05) is 13.8 Å². The fourth-order valence-electron chi connectivity index (χ4n) is 2.45. The van der Waals surface area contributed by atoms with E-state index in [2.05, 4.69) is 13.8 Å². The van der Waals surface area contributed by atoms with Crippen molar-refractivity contribution in [3.63, 3.8) is 0 Å². The summed E-state index contributed by atoms with van der Waals surface area (Å²) in [5.74, 6) is 0.648. The highest BCUT2D eigenvalue weighted by molar-refractivity contribution is 5.93. The predicted molar refractivity (Wildman–Crippen MR) is 61.5 cm³/mol. The average molecular weight is 221 g/mol. The van der Waals surface area contributed by atoms with Gasteiger partial charge in [-0.2, -0.15) is 5.26 Å². The Balaban J connectivity index is 2.90. The number of nitrogens with zero attached hydrogens (tertiary/aromatic N) is 1. The lowest BCUT2D eigenvalue weighted by Gasteiger charge is -2.26. The molecule has 1 rings (SSSR count). The van der Waals surface area contributed by atoms with Crippen LogP contribution in [0.3, 0.4) is 0 Å². The molecule has 1 fully saturated rings. The van der Waals surface area contributed by atoms with Crippen LogP contribution in [-0.2, 0) is 9.53 Å². The minimum absolute atomic E-state index is 0.236. The van der Waals surface area contributed by atoms with Gasteiger partial charge < -0.3 is 4.74 Å². The second-order valence-electron chi connectivity index (χ2n) is 4.67. The van der Waals surface area contributed by atoms with Crippen molar-refractivity contribution in [1.29, 1.82) is 5.26 Å². The van der Waals surface area contributed by atoms with Crippen molar-refractivity contribution in [2.24, 2.45) is 11.8 Å². The lowest BCUT2D eigenvalue weighted by molar-refractivity contribution is -0.138. The Bertz CT molecular complexity index is 326. The number of hydrogen-bond donors (Lipinski definition) is 0. The van der Waals surface area contributed by atoms with Crippen molar-refractivity contribution < 1.29 is 9.53 Å². The van der Waals surface area contributed by atoms with Gasteiger partial charge in [-0.25, -0.2) is 4.79 Å². The monoisotopic (exact) mass is 221 g/mol. The van der Waals surface area contributed by atoms with Gasteiger partial charge >= 0.3 is 5.97 Å². The molecule has 2 atom stereocenters. The van der Waals surface area contributed by atoms with E-state index in [1.54, 1.807) is 6.92 Å². The quantitative estimate of drug-likeness (QED) is 0.409. The van der Waals surface area contributed by atoms with Gasteiger partial charge in [0.05, 0.1) is 6.61 Å². The van der Waals surface area contributed by atoms with Crippen molar-refractivity contribution in [3.05, 3.63) is 11.1 Å². The van der Waals surface area contributed by atoms with E-state index in [1.165, 1.54) is 6.42 Å². The van der Waals surface area contributed by atoms with Gasteiger partial charge in [0.1, 0.15) is 11.6 Å². The van der Waals surface area contributed by atoms with E-state index in [1.807, 2.05) is 6.07 Å². The average Bonchev–Trinajstić information content (AvgIpc) is 2.17. The van der Waals surface area contributed by atoms with E-state index in [0.717, 1.165) is 18.4 Å². The first-order valence-corrected chi connectivity index (χ1v) is 5.87. The molecule has 0 saturated heterocycles. The summed E-state index contributed by atoms with van der Waals surface area (Å²) in [7, 11) is 0. The topological polar surface area (TPSA) is 50.1 Å². The first-order valence-electron chi connectivity index (χ1n) is 5.87. The Hall–Kier alpha value is -1.30. The highest BCUT2D eigenvalue weighted by Gasteiger charge is 2.24. The summed E-state index contributed by atoms with van der Waals surface area (Å²) >= 11 is 0. The van der Waals surface area contributed by atoms with Crippen molar-refractivity contribution >= 4 is 5.97 Å². The molecule has 1 aliphatic carbocycles. The predicted octanol–water partition coefficient (Wildman–Crippen LogP) is 2.83. The molecule has 88 valence electrons. The lowest BCUT2D eigenvalue weighted by Crippen LogP contribution is -2.17. The zero-order valence-corrected chi connectivity index (χ0v) is 10.2. The summed E-state index contributed by atoms with van der Waals surface area (Å²) in [6.45, 7) is 6.40. The standard InChI is InChI=1S/C13H19NO2/c1-4-16-13(15)12(8-14)11-6-9(2)5-10(3)7-11/h9-10H,4-7H2,1-3H3/t9-,10+. The minimum atomic E-state index is -0.457. The second kappa shape index (κ2) is 5.69. The summed E-state index contributed by atoms with van der Waals surface area (Å²) in [5, 5.41) is 9.04. The number of carbonyl (C=O) groups excluding carboxylic acids is 1. The summed E-state index contributed by atoms with van der Waals surface area (Å²) in [5.41, 5.74) is 1.22. The SMILES string of the molecule is CCOC(=O)C(C#N)=C1C[C@@H](C)C[C@@H](C)C1. The van der Waals surface area contributed by atoms with Crippen LogP contribution in [0, 0.1) is 23.2 Å². The first-order chi connectivity index (χ1) is 7.58. The normalized spacial score (nSPS) is 28.1. The van der Waals surface area contributed by atoms with Crippen molar-refractivity contribution in [3.8, 4) is 6.07 Å². The van der Waals surface area contributed by atoms with Crippen LogP contribution in [0.2, 0.25) is 0 Å². The third-order valence-electron chi connectivity index (χ3n) is 2.94. The van der Waals surface area contributed by atoms with E-state index < -0.39 is 5.97 Å². The number of esters is 1. The minimum Gasteiger partial charge on any atom is -0.462 e. The second-order valence-corrected chi connectivity index (χ2v) is 4.67. The Labute approximate surface area is 97.1 Å². The van der Waals surface area contributed by atoms with Gasteiger partial charge in [-0.3, -0.25) is 0 Å². The van der Waals surface area contributed by atoms with E-state index in [-0.39, 0.29) is 5.57 Å². The number of ether oxygens (including phenoxy) is 1. The van der Waals surface area contributed by atoms with E-state index in [0.29, 0.717) is 18.4 Å². The zero-order chi connectivity index (χ0) is 12.1. The van der Waals surface area contributed by atoms with Crippen molar-refractivity contribution in [1.82, 2.24) is 0 Å². The molecular formula is C13H19NO2. The molecule has 0 unspecified atom stereocenters. The third kappa shape index (κ3) is 3.10. The highest BCUT2D eigenvalue weighted by Crippen LogP contribution is 2.34. The maximum atomic E-state index is 11.6. The third-order valence-corrected chi connectivity index (χ3v) is 2.94. The van der Waals surface area contributed by atoms with Crippen molar-refractivity contribution in [2.45, 2.75) is 40.0 Å². The van der Waals surface area contributed by atoms with Crippen LogP contribution in [0.4, 0.5) is 0 Å². The molecule has 0 aliphatic heterocycles. The fourth-order valence-corrected chi connectivity index (χ4v) is 2.45. The molecule has 0 aromatic rings. The molecule has 3 heteroatoms. The molecule has 0 bridgehead atoms. The molecule has 0 amide bonds. The molecule has 0 aromatic heterocycles. The van der Waals surface area contributed by atoms with E-state index >= 15 is 0 Å². The Kier molecular flexibility index (Phi) is 4.54. The molecule has 0 heterocycles. The molecule has 16 heavy (non-hydrogen) atoms. The van der Waals surface area contributed by atoms with Gasteiger partial charge in [-0.15, -0.1) is 0 Å². The largest absolute Gasteiger partial charge is 0.462 e. The molecule has 0 radical (unpaired) electrons. The molecule has 0 aromatic carbocycles. The first kappa shape index (κ1) is 12.8. The Morgan fingerprint density at radius 2 is 2.00 bits per heavy atom. The van der Waals surface area contributed by atoms with Crippen LogP contribution in [0.5, 0.6) is 0 Å². The Morgan fingerprint density at radius 3 is 2.44 bits per heavy atom. The van der Waals surface area contributed by atoms with Gasteiger partial charge in [0.25, 0.3) is 0 Å². The molecule has 1 aliphatic rings. The number of nitriles is 1. The summed E-state index contributed by atoms with van der Waals surface area (Å²) in [6, 6.07) is 2.00. The van der Waals surface area contributed by atoms with Gasteiger partial charge in [0, 0.05) is 0 Å². The zero-order valence-electron chi connectivity index (χ0n) is 10.2. The van der Waals surface area contributed by atoms with Crippen molar-refractivity contribution in [2.75, 3.05) is 6.61 Å². The molecule has 1 saturated carbocycles. The van der Waals surface area contributed by atoms with Gasteiger partial charge in [0.2, 0.25) is 0 Å². The van der Waals surface area contributed by atoms with Gasteiger partial charge in [0.15, 0.2) is 0 Å². The van der Waals surface area contributed by atoms with E-state index in [9.17, 15) is 4.79 Å². The van der Waals surface area contributed by atoms with E-state index in [4.69, 9.17) is 10.00 Å². The van der Waals surface area contributed by atoms with Gasteiger partial charge in [-0.05, 0) is 43.6 Å². The molecule has 0 N–H and O–H groups in total. The summed E-state index contributed by atoms with van der Waals surface area (Å²) < 4.78 is 4.90. The van der Waals surface area contributed by atoms with Crippen LogP contribution in [0.15, 0.2) is 11.1 Å². The van der Waals surface area contributed by atoms with Crippen LogP contribution < -0.4 is 0 Å². The smallest absolute Gasteiger partial charge is 0.348 e. The summed E-state index contributed by atoms with van der Waals surface area (Å²) in [4.78, 5) is 11.6. The maximum Gasteiger partial charge on any atom is 0.348 e. The van der Waals surface area contributed by atoms with Crippen LogP contribution in [0.1, 0.15) is 40.0 Å². The van der Waals surface area contributed by atoms with Crippen LogP contribution in [-0.4, -0.2) is 12.6 Å². The van der Waals surface area contributed by atoms with Crippen LogP contribution in [0.25, 0.3) is 0 Å². The number of carbonyl (C=O) groups is 1. The molecule has 0 spiro atoms. The molecular weight excluding hydrogens is 202 g/mol.